The summed E-state index contributed by atoms with van der Waals surface area (Å²) in [7, 11) is 1.61. The molecule has 5 heteroatoms. The molecule has 0 unspecified atom stereocenters. The Morgan fingerprint density at radius 2 is 2.00 bits per heavy atom. The smallest absolute Gasteiger partial charge is 0.303 e. The quantitative estimate of drug-likeness (QED) is 0.573. The van der Waals surface area contributed by atoms with E-state index in [-0.39, 0.29) is 12.3 Å². The standard InChI is InChI=1S/C10H20N2O3/c1-3-12(8-9(13)11-2)7-5-4-6-10(14)15/h3-8H2,1-2H3,(H,11,13)(H,14,15). The van der Waals surface area contributed by atoms with Crippen molar-refractivity contribution in [1.82, 2.24) is 10.2 Å². The summed E-state index contributed by atoms with van der Waals surface area (Å²) in [5.74, 6) is -0.764. The molecule has 0 saturated carbocycles. The topological polar surface area (TPSA) is 69.6 Å². The monoisotopic (exact) mass is 216 g/mol. The van der Waals surface area contributed by atoms with Gasteiger partial charge in [-0.05, 0) is 25.9 Å². The van der Waals surface area contributed by atoms with Gasteiger partial charge in [0.2, 0.25) is 5.91 Å². The zero-order chi connectivity index (χ0) is 11.7. The average molecular weight is 216 g/mol. The first-order valence-corrected chi connectivity index (χ1v) is 5.24. The first-order valence-electron chi connectivity index (χ1n) is 5.24. The van der Waals surface area contributed by atoms with Crippen LogP contribution in [0.25, 0.3) is 0 Å². The molecule has 2 N–H and O–H groups in total. The Kier molecular flexibility index (Phi) is 7.62. The van der Waals surface area contributed by atoms with Gasteiger partial charge in [-0.1, -0.05) is 6.92 Å². The van der Waals surface area contributed by atoms with Crippen molar-refractivity contribution in [1.29, 1.82) is 0 Å². The fraction of sp³-hybridized carbons (Fsp3) is 0.800. The summed E-state index contributed by atoms with van der Waals surface area (Å²) in [6.07, 6.45) is 1.69. The number of likely N-dealkylation sites (N-methyl/N-ethyl adjacent to an activating group) is 2. The highest BCUT2D eigenvalue weighted by atomic mass is 16.4. The van der Waals surface area contributed by atoms with Crippen LogP contribution in [-0.2, 0) is 9.59 Å². The van der Waals surface area contributed by atoms with Crippen molar-refractivity contribution in [2.45, 2.75) is 26.2 Å². The second kappa shape index (κ2) is 8.23. The predicted molar refractivity (Wildman–Crippen MR) is 57.7 cm³/mol. The lowest BCUT2D eigenvalue weighted by Crippen LogP contribution is -2.36. The van der Waals surface area contributed by atoms with Crippen LogP contribution in [-0.4, -0.2) is 48.6 Å². The molecular formula is C10H20N2O3. The van der Waals surface area contributed by atoms with Gasteiger partial charge >= 0.3 is 5.97 Å². The van der Waals surface area contributed by atoms with Gasteiger partial charge in [-0.2, -0.15) is 0 Å². The van der Waals surface area contributed by atoms with E-state index in [2.05, 4.69) is 5.32 Å². The van der Waals surface area contributed by atoms with Crippen LogP contribution in [0.2, 0.25) is 0 Å². The van der Waals surface area contributed by atoms with Gasteiger partial charge in [0.25, 0.3) is 0 Å². The number of unbranched alkanes of at least 4 members (excludes halogenated alkanes) is 1. The van der Waals surface area contributed by atoms with Crippen LogP contribution >= 0.6 is 0 Å². The van der Waals surface area contributed by atoms with Crippen LogP contribution in [0.1, 0.15) is 26.2 Å². The molecule has 0 aliphatic heterocycles. The lowest BCUT2D eigenvalue weighted by atomic mass is 10.2. The molecule has 88 valence electrons. The molecule has 5 nitrogen and oxygen atoms in total. The average Bonchev–Trinajstić information content (AvgIpc) is 2.21. The Bertz CT molecular complexity index is 207. The molecule has 15 heavy (non-hydrogen) atoms. The molecule has 0 aliphatic rings. The third-order valence-corrected chi connectivity index (χ3v) is 2.21. The number of nitrogens with zero attached hydrogens (tertiary/aromatic N) is 1. The molecule has 0 aliphatic carbocycles. The minimum atomic E-state index is -0.760. The zero-order valence-electron chi connectivity index (χ0n) is 9.45. The Hall–Kier alpha value is -1.10. The third-order valence-electron chi connectivity index (χ3n) is 2.21. The van der Waals surface area contributed by atoms with Crippen molar-refractivity contribution in [2.75, 3.05) is 26.7 Å². The van der Waals surface area contributed by atoms with E-state index in [0.29, 0.717) is 13.0 Å². The van der Waals surface area contributed by atoms with Crippen LogP contribution < -0.4 is 5.32 Å². The number of hydrogen-bond donors (Lipinski definition) is 2. The highest BCUT2D eigenvalue weighted by Crippen LogP contribution is 1.98. The summed E-state index contributed by atoms with van der Waals surface area (Å²) in [5.41, 5.74) is 0. The highest BCUT2D eigenvalue weighted by molar-refractivity contribution is 5.77. The second-order valence-electron chi connectivity index (χ2n) is 3.39. The lowest BCUT2D eigenvalue weighted by Gasteiger charge is -2.18. The van der Waals surface area contributed by atoms with Gasteiger partial charge in [0.05, 0.1) is 6.54 Å². The Morgan fingerprint density at radius 3 is 2.47 bits per heavy atom. The van der Waals surface area contributed by atoms with Gasteiger partial charge in [-0.3, -0.25) is 14.5 Å². The van der Waals surface area contributed by atoms with Crippen molar-refractivity contribution in [3.63, 3.8) is 0 Å². The molecule has 0 aromatic heterocycles. The normalized spacial score (nSPS) is 10.3. The van der Waals surface area contributed by atoms with Crippen molar-refractivity contribution < 1.29 is 14.7 Å². The van der Waals surface area contributed by atoms with E-state index in [1.54, 1.807) is 7.05 Å². The van der Waals surface area contributed by atoms with E-state index < -0.39 is 5.97 Å². The number of carbonyl (C=O) groups excluding carboxylic acids is 1. The summed E-state index contributed by atoms with van der Waals surface area (Å²) >= 11 is 0. The van der Waals surface area contributed by atoms with Gasteiger partial charge in [0, 0.05) is 13.5 Å². The maximum Gasteiger partial charge on any atom is 0.303 e. The third kappa shape index (κ3) is 7.93. The van der Waals surface area contributed by atoms with Gasteiger partial charge in [-0.15, -0.1) is 0 Å². The van der Waals surface area contributed by atoms with Crippen LogP contribution in [0.15, 0.2) is 0 Å². The second-order valence-corrected chi connectivity index (χ2v) is 3.39. The maximum absolute atomic E-state index is 11.1. The molecule has 0 spiro atoms. The van der Waals surface area contributed by atoms with E-state index in [9.17, 15) is 9.59 Å². The van der Waals surface area contributed by atoms with E-state index in [1.165, 1.54) is 0 Å². The van der Waals surface area contributed by atoms with Gasteiger partial charge in [-0.25, -0.2) is 0 Å². The molecule has 1 amide bonds. The fourth-order valence-electron chi connectivity index (χ4n) is 1.24. The van der Waals surface area contributed by atoms with Crippen LogP contribution in [0.3, 0.4) is 0 Å². The van der Waals surface area contributed by atoms with Gasteiger partial charge < -0.3 is 10.4 Å². The summed E-state index contributed by atoms with van der Waals surface area (Å²) in [6.45, 7) is 3.96. The number of carboxylic acids is 1. The fourth-order valence-corrected chi connectivity index (χ4v) is 1.24. The number of carboxylic acid groups (broad SMARTS) is 1. The van der Waals surface area contributed by atoms with Crippen LogP contribution in [0.4, 0.5) is 0 Å². The molecule has 0 atom stereocenters. The molecule has 0 rings (SSSR count). The lowest BCUT2D eigenvalue weighted by molar-refractivity contribution is -0.137. The van der Waals surface area contributed by atoms with Crippen LogP contribution in [0.5, 0.6) is 0 Å². The Morgan fingerprint density at radius 1 is 1.33 bits per heavy atom. The molecule has 0 aromatic rings. The van der Waals surface area contributed by atoms with E-state index in [4.69, 9.17) is 5.11 Å². The number of rotatable bonds is 8. The highest BCUT2D eigenvalue weighted by Gasteiger charge is 2.07. The predicted octanol–water partition coefficient (Wildman–Crippen LogP) is 0.309. The molecule has 0 radical (unpaired) electrons. The molecule has 0 saturated heterocycles. The van der Waals surface area contributed by atoms with E-state index >= 15 is 0 Å². The zero-order valence-corrected chi connectivity index (χ0v) is 9.45. The Balaban J connectivity index is 3.61. The summed E-state index contributed by atoms with van der Waals surface area (Å²) in [5, 5.41) is 11.0. The Labute approximate surface area is 90.5 Å². The van der Waals surface area contributed by atoms with Crippen molar-refractivity contribution in [2.24, 2.45) is 0 Å². The first kappa shape index (κ1) is 13.9. The SMILES string of the molecule is CCN(CCCCC(=O)O)CC(=O)NC. The largest absolute Gasteiger partial charge is 0.481 e. The minimum Gasteiger partial charge on any atom is -0.481 e. The van der Waals surface area contributed by atoms with E-state index in [0.717, 1.165) is 19.5 Å². The van der Waals surface area contributed by atoms with E-state index in [1.807, 2.05) is 11.8 Å². The number of aliphatic carboxylic acids is 1. The summed E-state index contributed by atoms with van der Waals surface area (Å²) in [4.78, 5) is 23.3. The summed E-state index contributed by atoms with van der Waals surface area (Å²) in [6, 6.07) is 0. The first-order chi connectivity index (χ1) is 7.10. The van der Waals surface area contributed by atoms with Gasteiger partial charge in [0.15, 0.2) is 0 Å². The maximum atomic E-state index is 11.1. The number of amides is 1. The van der Waals surface area contributed by atoms with Gasteiger partial charge in [0.1, 0.15) is 0 Å². The molecule has 0 fully saturated rings. The van der Waals surface area contributed by atoms with Crippen LogP contribution in [0, 0.1) is 0 Å². The summed E-state index contributed by atoms with van der Waals surface area (Å²) < 4.78 is 0. The molecular weight excluding hydrogens is 196 g/mol. The van der Waals surface area contributed by atoms with Crippen molar-refractivity contribution >= 4 is 11.9 Å². The van der Waals surface area contributed by atoms with Crippen molar-refractivity contribution in [3.05, 3.63) is 0 Å². The molecule has 0 heterocycles. The molecule has 0 aromatic carbocycles. The van der Waals surface area contributed by atoms with Crippen molar-refractivity contribution in [3.8, 4) is 0 Å². The molecule has 0 bridgehead atoms. The number of nitrogens with one attached hydrogen (secondary N) is 1. The number of carbonyl (C=O) groups is 2. The minimum absolute atomic E-state index is 0.00455. The number of hydrogen-bond acceptors (Lipinski definition) is 3.